The number of imide groups is 1. The first-order valence-electron chi connectivity index (χ1n) is 8.16. The van der Waals surface area contributed by atoms with Crippen molar-refractivity contribution < 1.29 is 23.8 Å². The molecule has 0 spiro atoms. The number of nitrogens with one attached hydrogen (secondary N) is 1. The van der Waals surface area contributed by atoms with Crippen LogP contribution in [0, 0.1) is 5.82 Å². The quantitative estimate of drug-likeness (QED) is 0.775. The SMILES string of the molecule is C[C@]1(c2ccc(F)cc2)NC(=O)N(C[C@H](O)COc2ccccc2)C1=O. The lowest BCUT2D eigenvalue weighted by Gasteiger charge is -2.23. The van der Waals surface area contributed by atoms with Crippen LogP contribution in [-0.2, 0) is 10.3 Å². The number of benzene rings is 2. The van der Waals surface area contributed by atoms with Gasteiger partial charge >= 0.3 is 6.03 Å². The van der Waals surface area contributed by atoms with E-state index in [4.69, 9.17) is 4.74 Å². The van der Waals surface area contributed by atoms with Crippen LogP contribution < -0.4 is 10.1 Å². The first-order valence-corrected chi connectivity index (χ1v) is 8.16. The highest BCUT2D eigenvalue weighted by atomic mass is 19.1. The molecule has 2 aromatic rings. The Bertz CT molecular complexity index is 797. The molecule has 2 aromatic carbocycles. The van der Waals surface area contributed by atoms with Gasteiger partial charge in [0.1, 0.15) is 29.8 Å². The van der Waals surface area contributed by atoms with Crippen LogP contribution >= 0.6 is 0 Å². The Kier molecular flexibility index (Phi) is 4.90. The van der Waals surface area contributed by atoms with E-state index in [1.54, 1.807) is 31.2 Å². The largest absolute Gasteiger partial charge is 0.491 e. The number of hydrogen-bond donors (Lipinski definition) is 2. The van der Waals surface area contributed by atoms with E-state index in [-0.39, 0.29) is 13.2 Å². The van der Waals surface area contributed by atoms with Crippen molar-refractivity contribution >= 4 is 11.9 Å². The van der Waals surface area contributed by atoms with Gasteiger partial charge in [0.15, 0.2) is 0 Å². The van der Waals surface area contributed by atoms with Crippen LogP contribution in [0.15, 0.2) is 54.6 Å². The standard InChI is InChI=1S/C19H19FN2O4/c1-19(13-7-9-14(20)10-8-13)17(24)22(18(25)21-19)11-15(23)12-26-16-5-3-2-4-6-16/h2-10,15,23H,11-12H2,1H3,(H,21,25)/t15-,19+/m0/s1. The van der Waals surface area contributed by atoms with Crippen LogP contribution in [0.1, 0.15) is 12.5 Å². The van der Waals surface area contributed by atoms with E-state index in [1.165, 1.54) is 24.3 Å². The highest BCUT2D eigenvalue weighted by molar-refractivity contribution is 6.07. The first kappa shape index (κ1) is 17.9. The van der Waals surface area contributed by atoms with E-state index in [1.807, 2.05) is 6.07 Å². The summed E-state index contributed by atoms with van der Waals surface area (Å²) in [5.74, 6) is -0.354. The van der Waals surface area contributed by atoms with Gasteiger partial charge < -0.3 is 15.2 Å². The number of rotatable bonds is 6. The number of aliphatic hydroxyl groups is 1. The van der Waals surface area contributed by atoms with Crippen LogP contribution in [-0.4, -0.2) is 41.2 Å². The molecule has 0 unspecified atom stereocenters. The van der Waals surface area contributed by atoms with E-state index in [0.717, 1.165) is 4.90 Å². The number of hydrogen-bond acceptors (Lipinski definition) is 4. The van der Waals surface area contributed by atoms with Gasteiger partial charge in [0.25, 0.3) is 5.91 Å². The van der Waals surface area contributed by atoms with Gasteiger partial charge in [-0.2, -0.15) is 0 Å². The molecule has 0 radical (unpaired) electrons. The van der Waals surface area contributed by atoms with Gasteiger partial charge in [-0.05, 0) is 36.8 Å². The van der Waals surface area contributed by atoms with Gasteiger partial charge in [0, 0.05) is 0 Å². The maximum absolute atomic E-state index is 13.1. The van der Waals surface area contributed by atoms with Crippen LogP contribution in [0.5, 0.6) is 5.75 Å². The van der Waals surface area contributed by atoms with Crippen molar-refractivity contribution in [3.05, 3.63) is 66.0 Å². The molecule has 1 saturated heterocycles. The van der Waals surface area contributed by atoms with Crippen molar-refractivity contribution in [2.45, 2.75) is 18.6 Å². The van der Waals surface area contributed by atoms with Gasteiger partial charge in [-0.15, -0.1) is 0 Å². The Morgan fingerprint density at radius 3 is 2.46 bits per heavy atom. The molecule has 136 valence electrons. The lowest BCUT2D eigenvalue weighted by molar-refractivity contribution is -0.132. The van der Waals surface area contributed by atoms with E-state index in [0.29, 0.717) is 11.3 Å². The van der Waals surface area contributed by atoms with Gasteiger partial charge in [0.2, 0.25) is 0 Å². The molecule has 6 nitrogen and oxygen atoms in total. The average Bonchev–Trinajstić information content (AvgIpc) is 2.85. The minimum Gasteiger partial charge on any atom is -0.491 e. The zero-order valence-corrected chi connectivity index (χ0v) is 14.2. The lowest BCUT2D eigenvalue weighted by Crippen LogP contribution is -2.42. The first-order chi connectivity index (χ1) is 12.4. The predicted octanol–water partition coefficient (Wildman–Crippen LogP) is 2.03. The molecule has 0 aliphatic carbocycles. The number of amides is 3. The summed E-state index contributed by atoms with van der Waals surface area (Å²) in [6, 6.07) is 13.7. The summed E-state index contributed by atoms with van der Waals surface area (Å²) in [5.41, 5.74) is -0.833. The van der Waals surface area contributed by atoms with E-state index >= 15 is 0 Å². The molecule has 2 atom stereocenters. The third-order valence-electron chi connectivity index (χ3n) is 4.28. The Balaban J connectivity index is 1.66. The zero-order valence-electron chi connectivity index (χ0n) is 14.2. The highest BCUT2D eigenvalue weighted by Gasteiger charge is 2.49. The molecule has 1 heterocycles. The molecule has 2 N–H and O–H groups in total. The van der Waals surface area contributed by atoms with Crippen molar-refractivity contribution in [3.63, 3.8) is 0 Å². The fraction of sp³-hybridized carbons (Fsp3) is 0.263. The number of ether oxygens (including phenoxy) is 1. The maximum atomic E-state index is 13.1. The summed E-state index contributed by atoms with van der Waals surface area (Å²) in [7, 11) is 0. The van der Waals surface area contributed by atoms with E-state index < -0.39 is 29.4 Å². The summed E-state index contributed by atoms with van der Waals surface area (Å²) in [5, 5.41) is 12.7. The lowest BCUT2D eigenvalue weighted by atomic mass is 9.92. The molecular formula is C19H19FN2O4. The molecular weight excluding hydrogens is 339 g/mol. The fourth-order valence-corrected chi connectivity index (χ4v) is 2.81. The molecule has 1 aliphatic heterocycles. The second kappa shape index (κ2) is 7.13. The monoisotopic (exact) mass is 358 g/mol. The summed E-state index contributed by atoms with van der Waals surface area (Å²) in [6.07, 6.45) is -1.04. The van der Waals surface area contributed by atoms with Crippen LogP contribution in [0.25, 0.3) is 0 Å². The third kappa shape index (κ3) is 3.52. The van der Waals surface area contributed by atoms with Crippen molar-refractivity contribution in [1.29, 1.82) is 0 Å². The van der Waals surface area contributed by atoms with E-state index in [2.05, 4.69) is 5.32 Å². The molecule has 0 aromatic heterocycles. The maximum Gasteiger partial charge on any atom is 0.325 e. The zero-order chi connectivity index (χ0) is 18.7. The summed E-state index contributed by atoms with van der Waals surface area (Å²) in [6.45, 7) is 1.29. The number of nitrogens with zero attached hydrogens (tertiary/aromatic N) is 1. The minimum atomic E-state index is -1.30. The number of carbonyl (C=O) groups excluding carboxylic acids is 2. The molecule has 0 saturated carbocycles. The van der Waals surface area contributed by atoms with Crippen molar-refractivity contribution in [2.24, 2.45) is 0 Å². The van der Waals surface area contributed by atoms with Crippen LogP contribution in [0.3, 0.4) is 0 Å². The van der Waals surface area contributed by atoms with Crippen molar-refractivity contribution in [1.82, 2.24) is 10.2 Å². The molecule has 3 amide bonds. The number of halogens is 1. The molecule has 26 heavy (non-hydrogen) atoms. The summed E-state index contributed by atoms with van der Waals surface area (Å²) >= 11 is 0. The summed E-state index contributed by atoms with van der Waals surface area (Å²) < 4.78 is 18.6. The van der Waals surface area contributed by atoms with Gasteiger partial charge in [0.05, 0.1) is 6.54 Å². The molecule has 7 heteroatoms. The van der Waals surface area contributed by atoms with Gasteiger partial charge in [-0.3, -0.25) is 9.69 Å². The Morgan fingerprint density at radius 1 is 1.15 bits per heavy atom. The highest BCUT2D eigenvalue weighted by Crippen LogP contribution is 2.29. The second-order valence-corrected chi connectivity index (χ2v) is 6.26. The number of urea groups is 1. The molecule has 1 fully saturated rings. The second-order valence-electron chi connectivity index (χ2n) is 6.26. The Morgan fingerprint density at radius 2 is 1.81 bits per heavy atom. The average molecular weight is 358 g/mol. The van der Waals surface area contributed by atoms with Gasteiger partial charge in [-0.1, -0.05) is 30.3 Å². The van der Waals surface area contributed by atoms with Gasteiger partial charge in [-0.25, -0.2) is 9.18 Å². The van der Waals surface area contributed by atoms with Crippen LogP contribution in [0.2, 0.25) is 0 Å². The Labute approximate surface area is 150 Å². The predicted molar refractivity (Wildman–Crippen MR) is 91.9 cm³/mol. The third-order valence-corrected chi connectivity index (χ3v) is 4.28. The van der Waals surface area contributed by atoms with E-state index in [9.17, 15) is 19.1 Å². The smallest absolute Gasteiger partial charge is 0.325 e. The number of para-hydroxylation sites is 1. The summed E-state index contributed by atoms with van der Waals surface area (Å²) in [4.78, 5) is 25.9. The van der Waals surface area contributed by atoms with Crippen molar-refractivity contribution in [3.8, 4) is 5.75 Å². The topological polar surface area (TPSA) is 78.9 Å². The van der Waals surface area contributed by atoms with Crippen LogP contribution in [0.4, 0.5) is 9.18 Å². The fourth-order valence-electron chi connectivity index (χ4n) is 2.81. The molecule has 3 rings (SSSR count). The normalized spacial score (nSPS) is 20.8. The number of carbonyl (C=O) groups is 2. The Hall–Kier alpha value is -2.93. The number of aliphatic hydroxyl groups excluding tert-OH is 1. The molecule has 0 bridgehead atoms. The number of β-amino-alcohol motifs (C(OH)–C–C–N with tert-alkyl or cyclic N) is 1. The molecule has 1 aliphatic rings. The minimum absolute atomic E-state index is 0.0612. The van der Waals surface area contributed by atoms with Crippen molar-refractivity contribution in [2.75, 3.05) is 13.2 Å².